The molecule has 118 valence electrons. The molecule has 1 N–H and O–H groups in total. The third-order valence-electron chi connectivity index (χ3n) is 3.57. The van der Waals surface area contributed by atoms with Crippen molar-refractivity contribution in [1.82, 2.24) is 9.88 Å². The van der Waals surface area contributed by atoms with E-state index in [-0.39, 0.29) is 0 Å². The van der Waals surface area contributed by atoms with E-state index in [0.29, 0.717) is 11.7 Å². The molecule has 0 radical (unpaired) electrons. The van der Waals surface area contributed by atoms with Crippen molar-refractivity contribution in [2.24, 2.45) is 0 Å². The Hall–Kier alpha value is -1.62. The quantitative estimate of drug-likeness (QED) is 0.710. The van der Waals surface area contributed by atoms with Crippen LogP contribution in [-0.4, -0.2) is 48.6 Å². The number of esters is 1. The van der Waals surface area contributed by atoms with Crippen LogP contribution in [0.25, 0.3) is 0 Å². The van der Waals surface area contributed by atoms with Gasteiger partial charge in [0.1, 0.15) is 5.69 Å². The minimum Gasteiger partial charge on any atom is -0.464 e. The Morgan fingerprint density at radius 3 is 2.76 bits per heavy atom. The molecule has 21 heavy (non-hydrogen) atoms. The van der Waals surface area contributed by atoms with Crippen LogP contribution < -0.4 is 5.32 Å². The molecule has 1 unspecified atom stereocenters. The van der Waals surface area contributed by atoms with E-state index in [9.17, 15) is 4.79 Å². The molecule has 5 nitrogen and oxygen atoms in total. The fraction of sp³-hybridized carbons (Fsp3) is 0.625. The van der Waals surface area contributed by atoms with E-state index >= 15 is 0 Å². The minimum atomic E-state index is -0.409. The Morgan fingerprint density at radius 1 is 1.43 bits per heavy atom. The van der Waals surface area contributed by atoms with Crippen LogP contribution in [0.4, 0.5) is 5.69 Å². The van der Waals surface area contributed by atoms with Crippen LogP contribution in [0.15, 0.2) is 18.3 Å². The Bertz CT molecular complexity index is 433. The zero-order chi connectivity index (χ0) is 15.7. The molecule has 0 aromatic carbocycles. The van der Waals surface area contributed by atoms with Gasteiger partial charge in [0.25, 0.3) is 0 Å². The summed E-state index contributed by atoms with van der Waals surface area (Å²) in [5.41, 5.74) is 1.23. The van der Waals surface area contributed by atoms with Gasteiger partial charge in [-0.15, -0.1) is 0 Å². The molecule has 1 rings (SSSR count). The van der Waals surface area contributed by atoms with Crippen LogP contribution in [0.5, 0.6) is 0 Å². The van der Waals surface area contributed by atoms with Crippen LogP contribution in [0, 0.1) is 0 Å². The Kier molecular flexibility index (Phi) is 7.75. The molecule has 1 heterocycles. The monoisotopic (exact) mass is 293 g/mol. The second-order valence-electron chi connectivity index (χ2n) is 5.14. The number of hydrogen-bond donors (Lipinski definition) is 1. The summed E-state index contributed by atoms with van der Waals surface area (Å²) in [6, 6.07) is 3.95. The number of hydrogen-bond acceptors (Lipinski definition) is 5. The maximum absolute atomic E-state index is 11.4. The zero-order valence-electron chi connectivity index (χ0n) is 13.6. The molecule has 1 atom stereocenters. The zero-order valence-corrected chi connectivity index (χ0v) is 13.6. The van der Waals surface area contributed by atoms with Crippen molar-refractivity contribution in [3.63, 3.8) is 0 Å². The predicted octanol–water partition coefficient (Wildman–Crippen LogP) is 2.79. The highest BCUT2D eigenvalue weighted by atomic mass is 16.5. The number of anilines is 1. The van der Waals surface area contributed by atoms with Crippen molar-refractivity contribution in [2.45, 2.75) is 39.7 Å². The summed E-state index contributed by atoms with van der Waals surface area (Å²) in [4.78, 5) is 17.9. The van der Waals surface area contributed by atoms with Crippen molar-refractivity contribution in [2.75, 3.05) is 32.1 Å². The summed E-state index contributed by atoms with van der Waals surface area (Å²) in [5, 5.41) is 3.40. The fourth-order valence-electron chi connectivity index (χ4n) is 2.25. The second kappa shape index (κ2) is 9.34. The Balaban J connectivity index is 2.44. The standard InChI is InChI=1S/C16H27N3O2/c1-5-19(6-2)11-7-8-13(3)18-14-9-10-17-15(12-14)16(20)21-4/h9-10,12-13H,5-8,11H2,1-4H3,(H,17,18). The molecular formula is C16H27N3O2. The van der Waals surface area contributed by atoms with E-state index < -0.39 is 5.97 Å². The maximum Gasteiger partial charge on any atom is 0.356 e. The van der Waals surface area contributed by atoms with Crippen LogP contribution in [0.3, 0.4) is 0 Å². The smallest absolute Gasteiger partial charge is 0.356 e. The lowest BCUT2D eigenvalue weighted by atomic mass is 10.1. The molecule has 0 aliphatic rings. The van der Waals surface area contributed by atoms with Crippen molar-refractivity contribution in [3.05, 3.63) is 24.0 Å². The van der Waals surface area contributed by atoms with Gasteiger partial charge >= 0.3 is 5.97 Å². The number of pyridine rings is 1. The first-order valence-corrected chi connectivity index (χ1v) is 7.63. The predicted molar refractivity (Wildman–Crippen MR) is 85.7 cm³/mol. The average Bonchev–Trinajstić information content (AvgIpc) is 2.51. The van der Waals surface area contributed by atoms with E-state index in [1.54, 1.807) is 12.3 Å². The Morgan fingerprint density at radius 2 is 2.14 bits per heavy atom. The van der Waals surface area contributed by atoms with Crippen LogP contribution in [0.1, 0.15) is 44.1 Å². The first kappa shape index (κ1) is 17.4. The number of carbonyl (C=O) groups is 1. The van der Waals surface area contributed by atoms with Gasteiger partial charge in [-0.25, -0.2) is 9.78 Å². The molecule has 0 fully saturated rings. The summed E-state index contributed by atoms with van der Waals surface area (Å²) in [7, 11) is 1.36. The second-order valence-corrected chi connectivity index (χ2v) is 5.14. The average molecular weight is 293 g/mol. The number of nitrogens with zero attached hydrogens (tertiary/aromatic N) is 2. The molecule has 0 saturated carbocycles. The van der Waals surface area contributed by atoms with E-state index in [1.807, 2.05) is 6.07 Å². The van der Waals surface area contributed by atoms with Gasteiger partial charge in [-0.05, 0) is 51.5 Å². The summed E-state index contributed by atoms with van der Waals surface area (Å²) < 4.78 is 4.68. The third kappa shape index (κ3) is 6.12. The lowest BCUT2D eigenvalue weighted by Gasteiger charge is -2.20. The lowest BCUT2D eigenvalue weighted by molar-refractivity contribution is 0.0594. The molecule has 1 aromatic heterocycles. The van der Waals surface area contributed by atoms with Gasteiger partial charge in [0.05, 0.1) is 7.11 Å². The topological polar surface area (TPSA) is 54.5 Å². The highest BCUT2D eigenvalue weighted by Crippen LogP contribution is 2.12. The van der Waals surface area contributed by atoms with Gasteiger partial charge < -0.3 is 15.0 Å². The number of nitrogens with one attached hydrogen (secondary N) is 1. The van der Waals surface area contributed by atoms with Gasteiger partial charge in [-0.2, -0.15) is 0 Å². The van der Waals surface area contributed by atoms with E-state index in [2.05, 4.69) is 40.7 Å². The molecule has 0 aliphatic heterocycles. The van der Waals surface area contributed by atoms with Crippen molar-refractivity contribution >= 4 is 11.7 Å². The number of carbonyl (C=O) groups excluding carboxylic acids is 1. The van der Waals surface area contributed by atoms with Crippen molar-refractivity contribution in [3.8, 4) is 0 Å². The van der Waals surface area contributed by atoms with Gasteiger partial charge in [0.15, 0.2) is 0 Å². The van der Waals surface area contributed by atoms with Crippen LogP contribution in [0.2, 0.25) is 0 Å². The summed E-state index contributed by atoms with van der Waals surface area (Å²) in [5.74, 6) is -0.409. The van der Waals surface area contributed by atoms with Crippen molar-refractivity contribution < 1.29 is 9.53 Å². The molecule has 0 aliphatic carbocycles. The first-order chi connectivity index (χ1) is 10.1. The molecule has 0 amide bonds. The maximum atomic E-state index is 11.4. The number of ether oxygens (including phenoxy) is 1. The van der Waals surface area contributed by atoms with E-state index in [0.717, 1.165) is 38.2 Å². The SMILES string of the molecule is CCN(CC)CCCC(C)Nc1ccnc(C(=O)OC)c1. The van der Waals surface area contributed by atoms with Gasteiger partial charge in [-0.1, -0.05) is 13.8 Å². The number of methoxy groups -OCH3 is 1. The molecule has 0 spiro atoms. The number of aromatic nitrogens is 1. The summed E-state index contributed by atoms with van der Waals surface area (Å²) in [6.07, 6.45) is 3.87. The highest BCUT2D eigenvalue weighted by molar-refractivity contribution is 5.88. The molecular weight excluding hydrogens is 266 g/mol. The highest BCUT2D eigenvalue weighted by Gasteiger charge is 2.09. The minimum absolute atomic E-state index is 0.331. The molecule has 0 bridgehead atoms. The van der Waals surface area contributed by atoms with Crippen LogP contribution >= 0.6 is 0 Å². The van der Waals surface area contributed by atoms with E-state index in [1.165, 1.54) is 7.11 Å². The number of rotatable bonds is 9. The lowest BCUT2D eigenvalue weighted by Crippen LogP contribution is -2.25. The summed E-state index contributed by atoms with van der Waals surface area (Å²) >= 11 is 0. The Labute approximate surface area is 127 Å². The van der Waals surface area contributed by atoms with Crippen molar-refractivity contribution in [1.29, 1.82) is 0 Å². The van der Waals surface area contributed by atoms with Gasteiger partial charge in [0, 0.05) is 17.9 Å². The van der Waals surface area contributed by atoms with Crippen LogP contribution in [-0.2, 0) is 4.74 Å². The van der Waals surface area contributed by atoms with E-state index in [4.69, 9.17) is 0 Å². The molecule has 1 aromatic rings. The normalized spacial score (nSPS) is 12.2. The first-order valence-electron chi connectivity index (χ1n) is 7.63. The molecule has 0 saturated heterocycles. The third-order valence-corrected chi connectivity index (χ3v) is 3.57. The van der Waals surface area contributed by atoms with Gasteiger partial charge in [0.2, 0.25) is 0 Å². The fourth-order valence-corrected chi connectivity index (χ4v) is 2.25. The molecule has 5 heteroatoms. The summed E-state index contributed by atoms with van der Waals surface area (Å²) in [6.45, 7) is 9.87. The van der Waals surface area contributed by atoms with Gasteiger partial charge in [-0.3, -0.25) is 0 Å². The largest absolute Gasteiger partial charge is 0.464 e.